The van der Waals surface area contributed by atoms with Gasteiger partial charge in [-0.25, -0.2) is 21.1 Å². The zero-order valence-corrected chi connectivity index (χ0v) is 31.0. The van der Waals surface area contributed by atoms with E-state index in [0.717, 1.165) is 17.1 Å². The van der Waals surface area contributed by atoms with Crippen LogP contribution in [0.4, 0.5) is 0 Å². The van der Waals surface area contributed by atoms with Crippen LogP contribution in [0.2, 0.25) is 0 Å². The van der Waals surface area contributed by atoms with Crippen molar-refractivity contribution >= 4 is 32.7 Å². The molecule has 0 bridgehead atoms. The lowest BCUT2D eigenvalue weighted by molar-refractivity contribution is -0.191. The van der Waals surface area contributed by atoms with Gasteiger partial charge in [0.05, 0.1) is 23.0 Å². The first-order valence-corrected chi connectivity index (χ1v) is 17.9. The fourth-order valence-electron chi connectivity index (χ4n) is 4.45. The normalized spacial score (nSPS) is 11.1. The predicted octanol–water partition coefficient (Wildman–Crippen LogP) is 3.29. The van der Waals surface area contributed by atoms with Crippen molar-refractivity contribution in [3.63, 3.8) is 0 Å². The summed E-state index contributed by atoms with van der Waals surface area (Å²) in [4.78, 5) is 27.0. The molecule has 0 unspecified atom stereocenters. The Morgan fingerprint density at radius 3 is 1.33 bits per heavy atom. The summed E-state index contributed by atoms with van der Waals surface area (Å²) in [6.45, 7) is 11.8. The third kappa shape index (κ3) is 14.4. The molecule has 0 atom stereocenters. The molecule has 16 heteroatoms. The van der Waals surface area contributed by atoms with Crippen molar-refractivity contribution in [2.24, 2.45) is 0 Å². The van der Waals surface area contributed by atoms with Gasteiger partial charge >= 0.3 is 6.15 Å². The van der Waals surface area contributed by atoms with Crippen LogP contribution < -0.4 is 9.47 Å². The van der Waals surface area contributed by atoms with E-state index in [1.54, 1.807) is 73.2 Å². The molecule has 48 heavy (non-hydrogen) atoms. The maximum Gasteiger partial charge on any atom is 0.373 e. The zero-order valence-electron chi connectivity index (χ0n) is 29.4. The first kappa shape index (κ1) is 44.6. The van der Waals surface area contributed by atoms with Crippen LogP contribution in [0, 0.1) is 27.7 Å². The minimum Gasteiger partial charge on any atom is -0.491 e. The molecule has 0 aliphatic rings. The van der Waals surface area contributed by atoms with Crippen LogP contribution in [-0.2, 0) is 48.6 Å². The van der Waals surface area contributed by atoms with Crippen LogP contribution in [-0.4, -0.2) is 113 Å². The standard InChI is InChI=1S/C16H27NO4S.C15H23NO6S.CO2/c1-6-7-8-17(4)22(18,19)16-13(2)11-15(12-14(16)3)21-10-9-20-5;1-12-9-14(22-8-7-20-4)10-13(2)15(12)23(18,19)16(3)5-6-21-11-17;2-1-3/h11-12H,6-10H2,1-5H3;9-11H,5-8H2,1-4H3;. The molecule has 0 saturated heterocycles. The lowest BCUT2D eigenvalue weighted by Gasteiger charge is -2.20. The number of likely N-dealkylation sites (N-methyl/N-ethyl adjacent to an activating group) is 1. The fraction of sp³-hybridized carbons (Fsp3) is 0.562. The minimum absolute atomic E-state index is 0.00946. The van der Waals surface area contributed by atoms with Crippen molar-refractivity contribution in [1.82, 2.24) is 8.61 Å². The minimum atomic E-state index is -3.67. The number of aryl methyl sites for hydroxylation is 4. The number of hydrogen-bond donors (Lipinski definition) is 0. The summed E-state index contributed by atoms with van der Waals surface area (Å²) >= 11 is 0. The second-order valence-electron chi connectivity index (χ2n) is 10.5. The van der Waals surface area contributed by atoms with Gasteiger partial charge in [0.1, 0.15) is 31.3 Å². The molecule has 0 fully saturated rings. The first-order valence-electron chi connectivity index (χ1n) is 15.0. The Bertz CT molecular complexity index is 1480. The topological polar surface area (TPSA) is 172 Å². The maximum absolute atomic E-state index is 12.7. The van der Waals surface area contributed by atoms with E-state index >= 15 is 0 Å². The predicted molar refractivity (Wildman–Crippen MR) is 178 cm³/mol. The molecular formula is C32H50N2O12S2. The number of rotatable bonds is 19. The fourth-order valence-corrected chi connectivity index (χ4v) is 7.62. The van der Waals surface area contributed by atoms with Crippen molar-refractivity contribution in [2.45, 2.75) is 57.3 Å². The Morgan fingerprint density at radius 2 is 1.02 bits per heavy atom. The molecule has 0 saturated carbocycles. The summed E-state index contributed by atoms with van der Waals surface area (Å²) in [5.74, 6) is 1.27. The lowest BCUT2D eigenvalue weighted by atomic mass is 10.1. The number of nitrogens with zero attached hydrogens (tertiary/aromatic N) is 2. The van der Waals surface area contributed by atoms with Gasteiger partial charge in [-0.05, 0) is 80.6 Å². The molecule has 0 aliphatic carbocycles. The molecule has 0 amide bonds. The average molecular weight is 719 g/mol. The van der Waals surface area contributed by atoms with Crippen LogP contribution in [0.3, 0.4) is 0 Å². The molecule has 0 heterocycles. The zero-order chi connectivity index (χ0) is 36.9. The van der Waals surface area contributed by atoms with Gasteiger partial charge in [0.15, 0.2) is 0 Å². The van der Waals surface area contributed by atoms with Gasteiger partial charge in [-0.3, -0.25) is 4.79 Å². The summed E-state index contributed by atoms with van der Waals surface area (Å²) in [5.41, 5.74) is 2.60. The number of hydrogen-bond acceptors (Lipinski definition) is 12. The van der Waals surface area contributed by atoms with Crippen molar-refractivity contribution in [1.29, 1.82) is 0 Å². The second-order valence-corrected chi connectivity index (χ2v) is 14.5. The molecule has 0 aromatic heterocycles. The number of carbonyl (C=O) groups excluding carboxylic acids is 3. The van der Waals surface area contributed by atoms with Gasteiger partial charge in [-0.15, -0.1) is 0 Å². The summed E-state index contributed by atoms with van der Waals surface area (Å²) in [5, 5.41) is 0. The Morgan fingerprint density at radius 1 is 0.667 bits per heavy atom. The number of carbonyl (C=O) groups is 1. The van der Waals surface area contributed by atoms with Crippen LogP contribution in [0.1, 0.15) is 42.0 Å². The third-order valence-corrected chi connectivity index (χ3v) is 11.1. The smallest absolute Gasteiger partial charge is 0.373 e. The van der Waals surface area contributed by atoms with Gasteiger partial charge in [0.25, 0.3) is 6.47 Å². The highest BCUT2D eigenvalue weighted by atomic mass is 32.2. The SMILES string of the molecule is CCCCN(C)S(=O)(=O)c1c(C)cc(OCCOC)cc1C.COCCOc1cc(C)c(S(=O)(=O)N(C)CCOC=O)c(C)c1.O=C=O. The summed E-state index contributed by atoms with van der Waals surface area (Å²) < 4.78 is 78.8. The van der Waals surface area contributed by atoms with Crippen molar-refractivity contribution in [2.75, 3.05) is 74.4 Å². The molecule has 14 nitrogen and oxygen atoms in total. The highest BCUT2D eigenvalue weighted by molar-refractivity contribution is 7.89. The average Bonchev–Trinajstić information content (AvgIpc) is 3.00. The molecule has 0 aliphatic heterocycles. The monoisotopic (exact) mass is 718 g/mol. The summed E-state index contributed by atoms with van der Waals surface area (Å²) in [7, 11) is -0.850. The largest absolute Gasteiger partial charge is 0.491 e. The molecule has 272 valence electrons. The quantitative estimate of drug-likeness (QED) is 0.154. The molecule has 2 rings (SSSR count). The third-order valence-electron chi connectivity index (χ3n) is 6.74. The van der Waals surface area contributed by atoms with Gasteiger partial charge in [-0.2, -0.15) is 13.9 Å². The van der Waals surface area contributed by atoms with E-state index in [1.165, 1.54) is 11.4 Å². The number of ether oxygens (including phenoxy) is 5. The van der Waals surface area contributed by atoms with E-state index in [0.29, 0.717) is 78.1 Å². The molecule has 0 N–H and O–H groups in total. The number of sulfonamides is 2. The Kier molecular flexibility index (Phi) is 21.4. The Labute approximate surface area is 285 Å². The number of benzene rings is 2. The Hall–Kier alpha value is -3.37. The van der Waals surface area contributed by atoms with Gasteiger partial charge in [0.2, 0.25) is 20.0 Å². The van der Waals surface area contributed by atoms with Crippen molar-refractivity contribution in [3.05, 3.63) is 46.5 Å². The van der Waals surface area contributed by atoms with Gasteiger partial charge in [-0.1, -0.05) is 13.3 Å². The molecule has 0 radical (unpaired) electrons. The molecule has 2 aromatic rings. The Balaban J connectivity index is 0.000000851. The van der Waals surface area contributed by atoms with Crippen LogP contribution in [0.25, 0.3) is 0 Å². The highest BCUT2D eigenvalue weighted by Crippen LogP contribution is 2.29. The molecule has 2 aromatic carbocycles. The lowest BCUT2D eigenvalue weighted by Crippen LogP contribution is -2.31. The van der Waals surface area contributed by atoms with E-state index in [2.05, 4.69) is 4.74 Å². The van der Waals surface area contributed by atoms with Crippen LogP contribution in [0.5, 0.6) is 11.5 Å². The van der Waals surface area contributed by atoms with E-state index in [-0.39, 0.29) is 24.2 Å². The van der Waals surface area contributed by atoms with Gasteiger partial charge in [0, 0.05) is 41.4 Å². The highest BCUT2D eigenvalue weighted by Gasteiger charge is 2.26. The van der Waals surface area contributed by atoms with Gasteiger partial charge < -0.3 is 23.7 Å². The van der Waals surface area contributed by atoms with E-state index in [4.69, 9.17) is 28.5 Å². The molecular weight excluding hydrogens is 668 g/mol. The summed E-state index contributed by atoms with van der Waals surface area (Å²) in [6.07, 6.45) is 2.07. The van der Waals surface area contributed by atoms with Crippen molar-refractivity contribution < 1.29 is 54.9 Å². The van der Waals surface area contributed by atoms with E-state index < -0.39 is 20.0 Å². The number of methoxy groups -OCH3 is 2. The van der Waals surface area contributed by atoms with Crippen LogP contribution >= 0.6 is 0 Å². The van der Waals surface area contributed by atoms with Crippen molar-refractivity contribution in [3.8, 4) is 11.5 Å². The van der Waals surface area contributed by atoms with Crippen LogP contribution in [0.15, 0.2) is 34.1 Å². The maximum atomic E-state index is 12.7. The first-order chi connectivity index (χ1) is 22.6. The van der Waals surface area contributed by atoms with E-state index in [9.17, 15) is 21.6 Å². The van der Waals surface area contributed by atoms with E-state index in [1.807, 2.05) is 6.92 Å². The summed E-state index contributed by atoms with van der Waals surface area (Å²) in [6, 6.07) is 6.91. The molecule has 0 spiro atoms. The number of unbranched alkanes of at least 4 members (excludes halogenated alkanes) is 1. The second kappa shape index (κ2) is 23.1.